The summed E-state index contributed by atoms with van der Waals surface area (Å²) in [5.41, 5.74) is 0.889. The van der Waals surface area contributed by atoms with Gasteiger partial charge in [0.15, 0.2) is 0 Å². The fraction of sp³-hybridized carbons (Fsp3) is 0.385. The van der Waals surface area contributed by atoms with E-state index in [9.17, 15) is 4.79 Å². The Hall–Kier alpha value is -1.84. The zero-order valence-electron chi connectivity index (χ0n) is 10.1. The van der Waals surface area contributed by atoms with Gasteiger partial charge in [-0.25, -0.2) is 0 Å². The van der Waals surface area contributed by atoms with Crippen LogP contribution in [0.2, 0.25) is 0 Å². The topological polar surface area (TPSA) is 50.7 Å². The lowest BCUT2D eigenvalue weighted by atomic mass is 10.2. The van der Waals surface area contributed by atoms with Gasteiger partial charge in [-0.15, -0.1) is 0 Å². The van der Waals surface area contributed by atoms with Gasteiger partial charge in [0.1, 0.15) is 17.6 Å². The highest BCUT2D eigenvalue weighted by Gasteiger charge is 2.25. The molecule has 0 aromatic heterocycles. The molecule has 0 saturated heterocycles. The summed E-state index contributed by atoms with van der Waals surface area (Å²) in [4.78, 5) is 15.9. The highest BCUT2D eigenvalue weighted by atomic mass is 16.5. The molecule has 17 heavy (non-hydrogen) atoms. The van der Waals surface area contributed by atoms with Crippen LogP contribution in [-0.4, -0.2) is 24.4 Å². The molecule has 1 heterocycles. The van der Waals surface area contributed by atoms with Gasteiger partial charge in [-0.2, -0.15) is 0 Å². The quantitative estimate of drug-likeness (QED) is 0.859. The first-order valence-electron chi connectivity index (χ1n) is 5.86. The van der Waals surface area contributed by atoms with Crippen LogP contribution in [0, 0.1) is 0 Å². The Morgan fingerprint density at radius 3 is 2.88 bits per heavy atom. The summed E-state index contributed by atoms with van der Waals surface area (Å²) in [5.74, 6) is 1.41. The van der Waals surface area contributed by atoms with Crippen molar-refractivity contribution in [2.24, 2.45) is 4.99 Å². The van der Waals surface area contributed by atoms with E-state index < -0.39 is 0 Å². The van der Waals surface area contributed by atoms with Crippen LogP contribution in [0.3, 0.4) is 0 Å². The maximum Gasteiger partial charge on any atom is 0.250 e. The summed E-state index contributed by atoms with van der Waals surface area (Å²) in [6.45, 7) is 4.52. The van der Waals surface area contributed by atoms with E-state index in [1.54, 1.807) is 0 Å². The molecule has 90 valence electrons. The molecule has 1 aromatic carbocycles. The number of aliphatic imine (C=N–C) groups is 1. The normalized spacial score (nSPS) is 18.8. The van der Waals surface area contributed by atoms with Crippen LogP contribution in [0.1, 0.15) is 25.8 Å². The largest absolute Gasteiger partial charge is 0.494 e. The lowest BCUT2D eigenvalue weighted by molar-refractivity contribution is -0.120. The molecule has 4 heteroatoms. The molecule has 0 spiro atoms. The van der Waals surface area contributed by atoms with Crippen LogP contribution in [0.4, 0.5) is 0 Å². The molecule has 0 aliphatic carbocycles. The molecule has 1 aliphatic rings. The molecule has 1 amide bonds. The molecule has 1 aromatic rings. The Kier molecular flexibility index (Phi) is 3.42. The van der Waals surface area contributed by atoms with Gasteiger partial charge in [0.25, 0.3) is 0 Å². The van der Waals surface area contributed by atoms with Gasteiger partial charge in [-0.3, -0.25) is 9.79 Å². The third kappa shape index (κ3) is 2.46. The van der Waals surface area contributed by atoms with Crippen molar-refractivity contribution >= 4 is 11.7 Å². The molecule has 1 atom stereocenters. The molecule has 0 radical (unpaired) electrons. The van der Waals surface area contributed by atoms with E-state index in [1.165, 1.54) is 0 Å². The Morgan fingerprint density at radius 2 is 2.24 bits per heavy atom. The smallest absolute Gasteiger partial charge is 0.250 e. The van der Waals surface area contributed by atoms with Gasteiger partial charge in [0, 0.05) is 5.56 Å². The minimum atomic E-state index is -0.249. The van der Waals surface area contributed by atoms with Crippen molar-refractivity contribution in [3.05, 3.63) is 29.8 Å². The van der Waals surface area contributed by atoms with E-state index in [2.05, 4.69) is 10.3 Å². The van der Waals surface area contributed by atoms with Gasteiger partial charge in [0.2, 0.25) is 5.91 Å². The molecule has 0 saturated carbocycles. The summed E-state index contributed by atoms with van der Waals surface area (Å²) in [7, 11) is 0. The zero-order chi connectivity index (χ0) is 12.3. The van der Waals surface area contributed by atoms with Crippen LogP contribution in [0.5, 0.6) is 5.75 Å². The predicted octanol–water partition coefficient (Wildman–Crippen LogP) is 1.74. The number of hydrogen-bond acceptors (Lipinski definition) is 3. The number of carbonyl (C=O) groups excluding carboxylic acids is 1. The van der Waals surface area contributed by atoms with Crippen LogP contribution >= 0.6 is 0 Å². The summed E-state index contributed by atoms with van der Waals surface area (Å²) in [6.07, 6.45) is 0.723. The van der Waals surface area contributed by atoms with Crippen molar-refractivity contribution in [1.29, 1.82) is 0 Å². The summed E-state index contributed by atoms with van der Waals surface area (Å²) in [6, 6.07) is 7.34. The number of nitrogens with one attached hydrogen (secondary N) is 1. The molecular weight excluding hydrogens is 216 g/mol. The van der Waals surface area contributed by atoms with Crippen molar-refractivity contribution in [3.63, 3.8) is 0 Å². The maximum absolute atomic E-state index is 11.5. The lowest BCUT2D eigenvalue weighted by Crippen LogP contribution is -2.28. The zero-order valence-corrected chi connectivity index (χ0v) is 10.1. The highest BCUT2D eigenvalue weighted by molar-refractivity contribution is 6.13. The predicted molar refractivity (Wildman–Crippen MR) is 66.4 cm³/mol. The van der Waals surface area contributed by atoms with Crippen molar-refractivity contribution in [2.45, 2.75) is 26.3 Å². The molecule has 0 fully saturated rings. The fourth-order valence-corrected chi connectivity index (χ4v) is 1.77. The first-order chi connectivity index (χ1) is 8.24. The van der Waals surface area contributed by atoms with Gasteiger partial charge in [-0.1, -0.05) is 19.1 Å². The summed E-state index contributed by atoms with van der Waals surface area (Å²) in [5, 5.41) is 2.80. The molecule has 1 aliphatic heterocycles. The lowest BCUT2D eigenvalue weighted by Gasteiger charge is -2.05. The molecule has 0 bridgehead atoms. The van der Waals surface area contributed by atoms with Crippen molar-refractivity contribution in [3.8, 4) is 5.75 Å². The van der Waals surface area contributed by atoms with Crippen LogP contribution in [0.15, 0.2) is 29.3 Å². The second-order valence-electron chi connectivity index (χ2n) is 3.85. The summed E-state index contributed by atoms with van der Waals surface area (Å²) >= 11 is 0. The number of amides is 1. The van der Waals surface area contributed by atoms with Gasteiger partial charge >= 0.3 is 0 Å². The standard InChI is InChI=1S/C13H16N2O2/c1-3-11-13(16)15-12(14-11)9-6-5-7-10(8-9)17-4-2/h5-8,11H,3-4H2,1-2H3,(H,14,15,16). The Bertz CT molecular complexity index is 454. The summed E-state index contributed by atoms with van der Waals surface area (Å²) < 4.78 is 5.42. The Balaban J connectivity index is 2.23. The van der Waals surface area contributed by atoms with Crippen LogP contribution in [0.25, 0.3) is 0 Å². The molecule has 1 N–H and O–H groups in total. The maximum atomic E-state index is 11.5. The third-order valence-electron chi connectivity index (χ3n) is 2.63. The molecule has 2 rings (SSSR count). The fourth-order valence-electron chi connectivity index (χ4n) is 1.77. The number of nitrogens with zero attached hydrogens (tertiary/aromatic N) is 1. The van der Waals surface area contributed by atoms with Crippen LogP contribution < -0.4 is 10.1 Å². The van der Waals surface area contributed by atoms with E-state index >= 15 is 0 Å². The second-order valence-corrected chi connectivity index (χ2v) is 3.85. The molecular formula is C13H16N2O2. The monoisotopic (exact) mass is 232 g/mol. The number of benzene rings is 1. The molecule has 4 nitrogen and oxygen atoms in total. The highest BCUT2D eigenvalue weighted by Crippen LogP contribution is 2.16. The van der Waals surface area contributed by atoms with E-state index in [4.69, 9.17) is 4.74 Å². The number of rotatable bonds is 4. The Labute approximate surface area is 101 Å². The number of amidine groups is 1. The van der Waals surface area contributed by atoms with Gasteiger partial charge in [-0.05, 0) is 25.5 Å². The van der Waals surface area contributed by atoms with Gasteiger partial charge in [0.05, 0.1) is 6.61 Å². The minimum Gasteiger partial charge on any atom is -0.494 e. The number of hydrogen-bond donors (Lipinski definition) is 1. The number of ether oxygens (including phenoxy) is 1. The SMILES string of the molecule is CCOc1cccc(C2=NC(CC)C(=O)N2)c1. The van der Waals surface area contributed by atoms with Crippen LogP contribution in [-0.2, 0) is 4.79 Å². The Morgan fingerprint density at radius 1 is 1.41 bits per heavy atom. The van der Waals surface area contributed by atoms with Crippen molar-refractivity contribution in [1.82, 2.24) is 5.32 Å². The van der Waals surface area contributed by atoms with E-state index in [-0.39, 0.29) is 11.9 Å². The van der Waals surface area contributed by atoms with E-state index in [0.717, 1.165) is 17.7 Å². The minimum absolute atomic E-state index is 0.0238. The van der Waals surface area contributed by atoms with E-state index in [0.29, 0.717) is 12.4 Å². The third-order valence-corrected chi connectivity index (χ3v) is 2.63. The average Bonchev–Trinajstić information content (AvgIpc) is 2.71. The first kappa shape index (κ1) is 11.6. The average molecular weight is 232 g/mol. The van der Waals surface area contributed by atoms with E-state index in [1.807, 2.05) is 38.1 Å². The molecule has 1 unspecified atom stereocenters. The van der Waals surface area contributed by atoms with Crippen molar-refractivity contribution < 1.29 is 9.53 Å². The number of carbonyl (C=O) groups is 1. The van der Waals surface area contributed by atoms with Gasteiger partial charge < -0.3 is 10.1 Å². The second kappa shape index (κ2) is 4.99. The first-order valence-corrected chi connectivity index (χ1v) is 5.86. The van der Waals surface area contributed by atoms with Crippen molar-refractivity contribution in [2.75, 3.05) is 6.61 Å².